The monoisotopic (exact) mass is 380 g/mol. The molecule has 2 saturated heterocycles. The average molecular weight is 380 g/mol. The number of carbonyl (C=O) groups is 1. The summed E-state index contributed by atoms with van der Waals surface area (Å²) in [5.74, 6) is 1.50. The minimum Gasteiger partial charge on any atom is -0.489 e. The molecule has 2 unspecified atom stereocenters. The molecule has 2 aliphatic heterocycles. The van der Waals surface area contributed by atoms with E-state index in [1.165, 1.54) is 12.8 Å². The van der Waals surface area contributed by atoms with Gasteiger partial charge in [-0.2, -0.15) is 0 Å². The van der Waals surface area contributed by atoms with Crippen molar-refractivity contribution in [3.8, 4) is 11.5 Å². The van der Waals surface area contributed by atoms with E-state index >= 15 is 0 Å². The summed E-state index contributed by atoms with van der Waals surface area (Å²) in [6.07, 6.45) is 4.56. The third kappa shape index (κ3) is 4.65. The van der Waals surface area contributed by atoms with Crippen molar-refractivity contribution in [2.45, 2.75) is 50.4 Å². The van der Waals surface area contributed by atoms with E-state index in [0.29, 0.717) is 30.5 Å². The quantitative estimate of drug-likeness (QED) is 0.800. The van der Waals surface area contributed by atoms with Crippen LogP contribution in [0.15, 0.2) is 54.6 Å². The molecule has 148 valence electrons. The first-order valence-electron chi connectivity index (χ1n) is 10.1. The van der Waals surface area contributed by atoms with Crippen LogP contribution in [-0.2, 0) is 11.4 Å². The number of ether oxygens (including phenoxy) is 2. The molecule has 0 aliphatic carbocycles. The number of nitrogens with one attached hydrogen (secondary N) is 1. The molecule has 2 aromatic carbocycles. The van der Waals surface area contributed by atoms with E-state index in [0.717, 1.165) is 24.2 Å². The second-order valence-electron chi connectivity index (χ2n) is 7.80. The highest BCUT2D eigenvalue weighted by molar-refractivity contribution is 5.77. The maximum Gasteiger partial charge on any atom is 0.260 e. The Kier molecular flexibility index (Phi) is 5.81. The van der Waals surface area contributed by atoms with Gasteiger partial charge in [0.25, 0.3) is 5.91 Å². The molecule has 0 aromatic heterocycles. The molecule has 2 atom stereocenters. The van der Waals surface area contributed by atoms with E-state index in [1.807, 2.05) is 66.5 Å². The third-order valence-electron chi connectivity index (χ3n) is 5.82. The molecule has 2 heterocycles. The first-order chi connectivity index (χ1) is 13.7. The summed E-state index contributed by atoms with van der Waals surface area (Å²) in [7, 11) is 1.90. The molecule has 5 heteroatoms. The van der Waals surface area contributed by atoms with E-state index in [-0.39, 0.29) is 12.5 Å². The Bertz CT molecular complexity index is 766. The van der Waals surface area contributed by atoms with Crippen LogP contribution < -0.4 is 14.8 Å². The SMILES string of the molecule is CN(C(=O)COc1ccc(OCc2ccccc2)cc1)C1CC2CCC(C1)N2. The zero-order chi connectivity index (χ0) is 19.3. The zero-order valence-electron chi connectivity index (χ0n) is 16.3. The van der Waals surface area contributed by atoms with E-state index in [1.54, 1.807) is 0 Å². The standard InChI is InChI=1S/C23H28N2O3/c1-25(20-13-18-7-8-19(14-20)24-18)23(26)16-28-22-11-9-21(10-12-22)27-15-17-5-3-2-4-6-17/h2-6,9-12,18-20,24H,7-8,13-16H2,1H3. The number of benzene rings is 2. The van der Waals surface area contributed by atoms with Crippen LogP contribution in [0.4, 0.5) is 0 Å². The van der Waals surface area contributed by atoms with Crippen molar-refractivity contribution < 1.29 is 14.3 Å². The summed E-state index contributed by atoms with van der Waals surface area (Å²) in [5.41, 5.74) is 1.13. The molecule has 5 nitrogen and oxygen atoms in total. The molecule has 2 aromatic rings. The Balaban J connectivity index is 1.23. The van der Waals surface area contributed by atoms with E-state index in [2.05, 4.69) is 5.32 Å². The maximum atomic E-state index is 12.5. The minimum atomic E-state index is 0.0377. The van der Waals surface area contributed by atoms with Crippen molar-refractivity contribution >= 4 is 5.91 Å². The lowest BCUT2D eigenvalue weighted by Crippen LogP contribution is -2.49. The van der Waals surface area contributed by atoms with Gasteiger partial charge in [0.2, 0.25) is 0 Å². The molecule has 1 N–H and O–H groups in total. The second-order valence-corrected chi connectivity index (χ2v) is 7.80. The minimum absolute atomic E-state index is 0.0377. The second kappa shape index (κ2) is 8.65. The summed E-state index contributed by atoms with van der Waals surface area (Å²) >= 11 is 0. The number of hydrogen-bond donors (Lipinski definition) is 1. The van der Waals surface area contributed by atoms with Gasteiger partial charge in [0, 0.05) is 25.2 Å². The summed E-state index contributed by atoms with van der Waals surface area (Å²) in [6, 6.07) is 19.0. The first-order valence-corrected chi connectivity index (χ1v) is 10.1. The van der Waals surface area contributed by atoms with Crippen molar-refractivity contribution in [1.82, 2.24) is 10.2 Å². The largest absolute Gasteiger partial charge is 0.489 e. The molecular formula is C23H28N2O3. The Hall–Kier alpha value is -2.53. The molecule has 4 rings (SSSR count). The number of piperidine rings is 1. The summed E-state index contributed by atoms with van der Waals surface area (Å²) < 4.78 is 11.5. The molecule has 0 saturated carbocycles. The van der Waals surface area contributed by atoms with Gasteiger partial charge in [-0.25, -0.2) is 0 Å². The number of hydrogen-bond acceptors (Lipinski definition) is 4. The van der Waals surface area contributed by atoms with Gasteiger partial charge in [-0.1, -0.05) is 30.3 Å². The van der Waals surface area contributed by atoms with Gasteiger partial charge in [-0.15, -0.1) is 0 Å². The smallest absolute Gasteiger partial charge is 0.260 e. The number of carbonyl (C=O) groups excluding carboxylic acids is 1. The average Bonchev–Trinajstić information content (AvgIpc) is 3.09. The van der Waals surface area contributed by atoms with E-state index in [9.17, 15) is 4.79 Å². The first kappa shape index (κ1) is 18.8. The number of nitrogens with zero attached hydrogens (tertiary/aromatic N) is 1. The topological polar surface area (TPSA) is 50.8 Å². The van der Waals surface area contributed by atoms with Crippen LogP contribution >= 0.6 is 0 Å². The maximum absolute atomic E-state index is 12.5. The lowest BCUT2D eigenvalue weighted by atomic mass is 9.98. The van der Waals surface area contributed by atoms with Crippen LogP contribution in [0.1, 0.15) is 31.2 Å². The van der Waals surface area contributed by atoms with Crippen molar-refractivity contribution in [2.24, 2.45) is 0 Å². The van der Waals surface area contributed by atoms with Crippen LogP contribution in [0.25, 0.3) is 0 Å². The van der Waals surface area contributed by atoms with Crippen LogP contribution in [0, 0.1) is 0 Å². The van der Waals surface area contributed by atoms with Gasteiger partial charge in [0.05, 0.1) is 0 Å². The van der Waals surface area contributed by atoms with Crippen molar-refractivity contribution in [3.05, 3.63) is 60.2 Å². The Morgan fingerprint density at radius 1 is 0.964 bits per heavy atom. The van der Waals surface area contributed by atoms with E-state index < -0.39 is 0 Å². The summed E-state index contributed by atoms with van der Waals surface area (Å²) in [6.45, 7) is 0.600. The molecule has 2 bridgehead atoms. The van der Waals surface area contributed by atoms with E-state index in [4.69, 9.17) is 9.47 Å². The number of amides is 1. The van der Waals surface area contributed by atoms with Gasteiger partial charge in [0.1, 0.15) is 18.1 Å². The van der Waals surface area contributed by atoms with Crippen LogP contribution in [-0.4, -0.2) is 42.6 Å². The van der Waals surface area contributed by atoms with Gasteiger partial charge < -0.3 is 19.7 Å². The normalized spacial score (nSPS) is 23.2. The predicted octanol–water partition coefficient (Wildman–Crippen LogP) is 3.39. The predicted molar refractivity (Wildman–Crippen MR) is 108 cm³/mol. The number of fused-ring (bicyclic) bond motifs is 2. The molecule has 0 radical (unpaired) electrons. The summed E-state index contributed by atoms with van der Waals surface area (Å²) in [4.78, 5) is 14.4. The van der Waals surface area contributed by atoms with Crippen LogP contribution in [0.5, 0.6) is 11.5 Å². The lowest BCUT2D eigenvalue weighted by Gasteiger charge is -2.35. The number of likely N-dealkylation sites (N-methyl/N-ethyl adjacent to an activating group) is 1. The highest BCUT2D eigenvalue weighted by Crippen LogP contribution is 2.29. The molecule has 28 heavy (non-hydrogen) atoms. The molecular weight excluding hydrogens is 352 g/mol. The molecule has 0 spiro atoms. The molecule has 2 fully saturated rings. The van der Waals surface area contributed by atoms with Crippen LogP contribution in [0.2, 0.25) is 0 Å². The van der Waals surface area contributed by atoms with Gasteiger partial charge in [-0.05, 0) is 55.5 Å². The third-order valence-corrected chi connectivity index (χ3v) is 5.82. The zero-order valence-corrected chi connectivity index (χ0v) is 16.3. The number of rotatable bonds is 7. The highest BCUT2D eigenvalue weighted by atomic mass is 16.5. The van der Waals surface area contributed by atoms with Crippen molar-refractivity contribution in [2.75, 3.05) is 13.7 Å². The van der Waals surface area contributed by atoms with Gasteiger partial charge in [-0.3, -0.25) is 4.79 Å². The lowest BCUT2D eigenvalue weighted by molar-refractivity contribution is -0.134. The van der Waals surface area contributed by atoms with Crippen LogP contribution in [0.3, 0.4) is 0 Å². The van der Waals surface area contributed by atoms with Gasteiger partial charge in [0.15, 0.2) is 6.61 Å². The van der Waals surface area contributed by atoms with Gasteiger partial charge >= 0.3 is 0 Å². The van der Waals surface area contributed by atoms with Crippen molar-refractivity contribution in [1.29, 1.82) is 0 Å². The molecule has 2 aliphatic rings. The fraction of sp³-hybridized carbons (Fsp3) is 0.435. The fourth-order valence-electron chi connectivity index (χ4n) is 4.17. The Morgan fingerprint density at radius 3 is 2.21 bits per heavy atom. The fourth-order valence-corrected chi connectivity index (χ4v) is 4.17. The van der Waals surface area contributed by atoms with Crippen molar-refractivity contribution in [3.63, 3.8) is 0 Å². The Labute approximate surface area is 166 Å². The summed E-state index contributed by atoms with van der Waals surface area (Å²) in [5, 5.41) is 3.62. The highest BCUT2D eigenvalue weighted by Gasteiger charge is 2.36. The Morgan fingerprint density at radius 2 is 1.57 bits per heavy atom. The molecule has 1 amide bonds.